The second-order valence-electron chi connectivity index (χ2n) is 4.21. The molecule has 4 nitrogen and oxygen atoms in total. The molecule has 0 aromatic heterocycles. The van der Waals surface area contributed by atoms with Gasteiger partial charge in [-0.3, -0.25) is 4.79 Å². The fraction of sp³-hybridized carbons (Fsp3) is 0.500. The van der Waals surface area contributed by atoms with Crippen LogP contribution in [-0.4, -0.2) is 35.8 Å². The summed E-state index contributed by atoms with van der Waals surface area (Å²) in [7, 11) is 1.58. The number of carbonyl (C=O) groups excluding carboxylic acids is 1. The van der Waals surface area contributed by atoms with Crippen LogP contribution < -0.4 is 4.74 Å². The van der Waals surface area contributed by atoms with Gasteiger partial charge in [-0.2, -0.15) is 0 Å². The van der Waals surface area contributed by atoms with Crippen LogP contribution in [0.3, 0.4) is 0 Å². The van der Waals surface area contributed by atoms with Crippen LogP contribution in [0, 0.1) is 0 Å². The Morgan fingerprint density at radius 3 is 2.42 bits per heavy atom. The molecule has 0 saturated carbocycles. The number of thioether (sulfide) groups is 1. The number of aliphatic hydroxyl groups excluding tert-OH is 1. The Hall–Kier alpha value is -1.20. The standard InChI is InChI=1S/C14H20O4S/c1-5-18-13(16)14(2,19-4)12(15)10-6-8-11(17-3)9-7-10/h6-9,12,15H,5H2,1-4H3/t12-,14+/m0/s1. The third-order valence-electron chi connectivity index (χ3n) is 3.06. The molecule has 0 spiro atoms. The van der Waals surface area contributed by atoms with Gasteiger partial charge in [-0.25, -0.2) is 0 Å². The van der Waals surface area contributed by atoms with Crippen LogP contribution in [0.5, 0.6) is 5.75 Å². The van der Waals surface area contributed by atoms with Crippen LogP contribution in [0.25, 0.3) is 0 Å². The first kappa shape index (κ1) is 15.9. The van der Waals surface area contributed by atoms with E-state index in [1.54, 1.807) is 51.5 Å². The summed E-state index contributed by atoms with van der Waals surface area (Å²) >= 11 is 1.28. The minimum Gasteiger partial charge on any atom is -0.497 e. The van der Waals surface area contributed by atoms with Crippen molar-refractivity contribution in [3.05, 3.63) is 29.8 Å². The van der Waals surface area contributed by atoms with Gasteiger partial charge in [0.2, 0.25) is 0 Å². The first-order valence-corrected chi connectivity index (χ1v) is 7.26. The molecule has 0 saturated heterocycles. The molecule has 0 heterocycles. The van der Waals surface area contributed by atoms with Crippen molar-refractivity contribution in [3.63, 3.8) is 0 Å². The summed E-state index contributed by atoms with van der Waals surface area (Å²) in [4.78, 5) is 12.0. The first-order chi connectivity index (χ1) is 8.99. The van der Waals surface area contributed by atoms with Gasteiger partial charge in [-0.1, -0.05) is 12.1 Å². The molecule has 0 bridgehead atoms. The average molecular weight is 284 g/mol. The van der Waals surface area contributed by atoms with E-state index in [-0.39, 0.29) is 0 Å². The van der Waals surface area contributed by atoms with E-state index >= 15 is 0 Å². The van der Waals surface area contributed by atoms with Crippen molar-refractivity contribution in [1.29, 1.82) is 0 Å². The molecule has 0 fully saturated rings. The van der Waals surface area contributed by atoms with Crippen molar-refractivity contribution in [2.45, 2.75) is 24.7 Å². The number of methoxy groups -OCH3 is 1. The van der Waals surface area contributed by atoms with Gasteiger partial charge in [0, 0.05) is 0 Å². The van der Waals surface area contributed by atoms with Gasteiger partial charge in [0.1, 0.15) is 16.6 Å². The maximum Gasteiger partial charge on any atom is 0.324 e. The summed E-state index contributed by atoms with van der Waals surface area (Å²) in [5, 5.41) is 10.4. The summed E-state index contributed by atoms with van der Waals surface area (Å²) < 4.78 is 9.09. The Morgan fingerprint density at radius 1 is 1.42 bits per heavy atom. The van der Waals surface area contributed by atoms with E-state index in [1.165, 1.54) is 11.8 Å². The summed E-state index contributed by atoms with van der Waals surface area (Å²) in [6, 6.07) is 7.00. The number of hydrogen-bond donors (Lipinski definition) is 1. The molecule has 106 valence electrons. The van der Waals surface area contributed by atoms with E-state index in [2.05, 4.69) is 0 Å². The summed E-state index contributed by atoms with van der Waals surface area (Å²) in [6.07, 6.45) is 0.844. The zero-order valence-electron chi connectivity index (χ0n) is 11.7. The molecule has 1 aromatic rings. The van der Waals surface area contributed by atoms with Gasteiger partial charge >= 0.3 is 5.97 Å². The topological polar surface area (TPSA) is 55.8 Å². The quantitative estimate of drug-likeness (QED) is 0.813. The predicted octanol–water partition coefficient (Wildman–Crippen LogP) is 2.41. The molecule has 0 aliphatic carbocycles. The number of hydrogen-bond acceptors (Lipinski definition) is 5. The molecule has 0 radical (unpaired) electrons. The molecule has 1 aromatic carbocycles. The fourth-order valence-electron chi connectivity index (χ4n) is 1.69. The molecule has 5 heteroatoms. The van der Waals surface area contributed by atoms with E-state index < -0.39 is 16.8 Å². The van der Waals surface area contributed by atoms with Crippen molar-refractivity contribution in [2.75, 3.05) is 20.0 Å². The number of ether oxygens (including phenoxy) is 2. The van der Waals surface area contributed by atoms with Crippen LogP contribution in [0.15, 0.2) is 24.3 Å². The molecule has 0 amide bonds. The van der Waals surface area contributed by atoms with E-state index in [0.29, 0.717) is 17.9 Å². The molecule has 1 N–H and O–H groups in total. The Morgan fingerprint density at radius 2 is 2.00 bits per heavy atom. The van der Waals surface area contributed by atoms with Crippen LogP contribution in [0.4, 0.5) is 0 Å². The highest BCUT2D eigenvalue weighted by Gasteiger charge is 2.42. The normalized spacial score (nSPS) is 15.4. The largest absolute Gasteiger partial charge is 0.497 e. The molecule has 0 unspecified atom stereocenters. The van der Waals surface area contributed by atoms with Gasteiger partial charge in [0.15, 0.2) is 0 Å². The van der Waals surface area contributed by atoms with Gasteiger partial charge in [0.25, 0.3) is 0 Å². The highest BCUT2D eigenvalue weighted by Crippen LogP contribution is 2.37. The predicted molar refractivity (Wildman–Crippen MR) is 76.5 cm³/mol. The lowest BCUT2D eigenvalue weighted by molar-refractivity contribution is -0.148. The van der Waals surface area contributed by atoms with E-state index in [0.717, 1.165) is 0 Å². The van der Waals surface area contributed by atoms with Gasteiger partial charge in [0.05, 0.1) is 13.7 Å². The van der Waals surface area contributed by atoms with Crippen LogP contribution in [0.1, 0.15) is 25.5 Å². The zero-order valence-corrected chi connectivity index (χ0v) is 12.5. The lowest BCUT2D eigenvalue weighted by Gasteiger charge is -2.30. The average Bonchev–Trinajstić information content (AvgIpc) is 2.46. The van der Waals surface area contributed by atoms with Crippen LogP contribution in [0.2, 0.25) is 0 Å². The maximum atomic E-state index is 12.0. The van der Waals surface area contributed by atoms with Crippen molar-refractivity contribution < 1.29 is 19.4 Å². The Balaban J connectivity index is 2.99. The van der Waals surface area contributed by atoms with Crippen molar-refractivity contribution in [3.8, 4) is 5.75 Å². The second kappa shape index (κ2) is 6.82. The van der Waals surface area contributed by atoms with Gasteiger partial charge in [-0.15, -0.1) is 11.8 Å². The molecule has 0 aliphatic rings. The Labute approximate surface area is 118 Å². The summed E-state index contributed by atoms with van der Waals surface area (Å²) in [5.74, 6) is 0.295. The maximum absolute atomic E-state index is 12.0. The second-order valence-corrected chi connectivity index (χ2v) is 5.46. The molecular weight excluding hydrogens is 264 g/mol. The smallest absolute Gasteiger partial charge is 0.324 e. The van der Waals surface area contributed by atoms with E-state index in [1.807, 2.05) is 0 Å². The van der Waals surface area contributed by atoms with Crippen molar-refractivity contribution in [2.24, 2.45) is 0 Å². The molecule has 19 heavy (non-hydrogen) atoms. The van der Waals surface area contributed by atoms with Gasteiger partial charge < -0.3 is 14.6 Å². The van der Waals surface area contributed by atoms with E-state index in [4.69, 9.17) is 9.47 Å². The van der Waals surface area contributed by atoms with Crippen LogP contribution in [-0.2, 0) is 9.53 Å². The van der Waals surface area contributed by atoms with Crippen molar-refractivity contribution >= 4 is 17.7 Å². The Kier molecular flexibility index (Phi) is 5.69. The minimum absolute atomic E-state index is 0.296. The number of carbonyl (C=O) groups is 1. The van der Waals surface area contributed by atoms with Gasteiger partial charge in [-0.05, 0) is 37.8 Å². The third kappa shape index (κ3) is 3.42. The Bertz CT molecular complexity index is 418. The lowest BCUT2D eigenvalue weighted by atomic mass is 9.96. The first-order valence-electron chi connectivity index (χ1n) is 6.04. The lowest BCUT2D eigenvalue weighted by Crippen LogP contribution is -2.39. The highest BCUT2D eigenvalue weighted by atomic mass is 32.2. The molecule has 0 aliphatic heterocycles. The monoisotopic (exact) mass is 284 g/mol. The highest BCUT2D eigenvalue weighted by molar-refractivity contribution is 8.00. The molecule has 1 rings (SSSR count). The zero-order chi connectivity index (χ0) is 14.5. The van der Waals surface area contributed by atoms with Crippen molar-refractivity contribution in [1.82, 2.24) is 0 Å². The third-order valence-corrected chi connectivity index (χ3v) is 4.30. The summed E-state index contributed by atoms with van der Waals surface area (Å²) in [5.41, 5.74) is 0.658. The summed E-state index contributed by atoms with van der Waals surface area (Å²) in [6.45, 7) is 3.73. The SMILES string of the molecule is CCOC(=O)[C@](C)(SC)[C@@H](O)c1ccc(OC)cc1. The number of aliphatic hydroxyl groups is 1. The molecular formula is C14H20O4S. The number of esters is 1. The number of rotatable bonds is 6. The fourth-order valence-corrected chi connectivity index (χ4v) is 2.27. The molecule has 2 atom stereocenters. The number of benzene rings is 1. The van der Waals surface area contributed by atoms with Crippen LogP contribution >= 0.6 is 11.8 Å². The minimum atomic E-state index is -1.02. The van der Waals surface area contributed by atoms with E-state index in [9.17, 15) is 9.90 Å².